The highest BCUT2D eigenvalue weighted by atomic mass is 16.5. The Hall–Kier alpha value is -3.08. The van der Waals surface area contributed by atoms with Crippen molar-refractivity contribution >= 4 is 0 Å². The molecule has 2 N–H and O–H groups in total. The third kappa shape index (κ3) is 5.22. The van der Waals surface area contributed by atoms with Gasteiger partial charge in [-0.2, -0.15) is 0 Å². The van der Waals surface area contributed by atoms with E-state index in [1.807, 2.05) is 29.0 Å². The Morgan fingerprint density at radius 3 is 2.68 bits per heavy atom. The van der Waals surface area contributed by atoms with Crippen molar-refractivity contribution in [1.82, 2.24) is 14.7 Å². The number of hydrogen-bond acceptors (Lipinski definition) is 6. The lowest BCUT2D eigenvalue weighted by molar-refractivity contribution is 0.106. The van der Waals surface area contributed by atoms with Crippen LogP contribution in [-0.2, 0) is 13.0 Å². The highest BCUT2D eigenvalue weighted by Crippen LogP contribution is 2.13. The van der Waals surface area contributed by atoms with Crippen LogP contribution in [0.15, 0.2) is 47.2 Å². The molecule has 0 fully saturated rings. The quantitative estimate of drug-likeness (QED) is 0.579. The van der Waals surface area contributed by atoms with Gasteiger partial charge in [-0.3, -0.25) is 0 Å². The summed E-state index contributed by atoms with van der Waals surface area (Å²) in [5.41, 5.74) is 1.61. The van der Waals surface area contributed by atoms with Gasteiger partial charge in [0.2, 0.25) is 5.76 Å². The van der Waals surface area contributed by atoms with Crippen LogP contribution in [-0.4, -0.2) is 44.7 Å². The zero-order valence-electron chi connectivity index (χ0n) is 15.7. The first kappa shape index (κ1) is 19.7. The molecular formula is C21H23N3O4. The van der Waals surface area contributed by atoms with Crippen LogP contribution in [0.4, 0.5) is 0 Å². The molecule has 0 atom stereocenters. The average Bonchev–Trinajstić information content (AvgIpc) is 3.37. The van der Waals surface area contributed by atoms with Crippen molar-refractivity contribution in [1.29, 1.82) is 0 Å². The molecule has 28 heavy (non-hydrogen) atoms. The Balaban J connectivity index is 1.59. The van der Waals surface area contributed by atoms with Crippen LogP contribution in [0.25, 0.3) is 0 Å². The molecule has 0 amide bonds. The van der Waals surface area contributed by atoms with Crippen LogP contribution in [0.1, 0.15) is 29.8 Å². The van der Waals surface area contributed by atoms with Gasteiger partial charge in [0.15, 0.2) is 0 Å². The molecule has 0 bridgehead atoms. The van der Waals surface area contributed by atoms with E-state index in [0.29, 0.717) is 18.1 Å². The van der Waals surface area contributed by atoms with Gasteiger partial charge < -0.3 is 24.0 Å². The summed E-state index contributed by atoms with van der Waals surface area (Å²) in [6.45, 7) is 2.70. The zero-order valence-corrected chi connectivity index (χ0v) is 15.7. The van der Waals surface area contributed by atoms with Crippen molar-refractivity contribution in [2.75, 3.05) is 19.8 Å². The van der Waals surface area contributed by atoms with Crippen LogP contribution in [0, 0.1) is 17.8 Å². The topological polar surface area (TPSA) is 93.5 Å². The van der Waals surface area contributed by atoms with Crippen molar-refractivity contribution in [3.63, 3.8) is 0 Å². The molecule has 0 saturated heterocycles. The number of nitrogens with zero attached hydrogens (tertiary/aromatic N) is 3. The van der Waals surface area contributed by atoms with Gasteiger partial charge in [0.05, 0.1) is 26.4 Å². The van der Waals surface area contributed by atoms with E-state index >= 15 is 0 Å². The van der Waals surface area contributed by atoms with Crippen molar-refractivity contribution in [2.24, 2.45) is 5.92 Å². The van der Waals surface area contributed by atoms with Gasteiger partial charge in [0.25, 0.3) is 0 Å². The van der Waals surface area contributed by atoms with Gasteiger partial charge in [-0.15, -0.1) is 0 Å². The first-order valence-corrected chi connectivity index (χ1v) is 9.14. The van der Waals surface area contributed by atoms with Gasteiger partial charge in [0, 0.05) is 36.4 Å². The maximum Gasteiger partial charge on any atom is 0.210 e. The number of imidazole rings is 1. The summed E-state index contributed by atoms with van der Waals surface area (Å²) in [5, 5.41) is 22.2. The molecule has 7 nitrogen and oxygen atoms in total. The van der Waals surface area contributed by atoms with E-state index in [9.17, 15) is 0 Å². The third-order valence-electron chi connectivity index (χ3n) is 4.20. The Morgan fingerprint density at radius 1 is 1.18 bits per heavy atom. The van der Waals surface area contributed by atoms with E-state index in [1.54, 1.807) is 18.3 Å². The van der Waals surface area contributed by atoms with Crippen LogP contribution in [0.3, 0.4) is 0 Å². The molecule has 146 valence electrons. The second-order valence-corrected chi connectivity index (χ2v) is 6.32. The summed E-state index contributed by atoms with van der Waals surface area (Å²) in [7, 11) is 0. The predicted octanol–water partition coefficient (Wildman–Crippen LogP) is 1.86. The largest absolute Gasteiger partial charge is 0.493 e. The number of aryl methyl sites for hydroxylation is 1. The third-order valence-corrected chi connectivity index (χ3v) is 4.20. The van der Waals surface area contributed by atoms with Crippen molar-refractivity contribution < 1.29 is 19.5 Å². The molecule has 0 radical (unpaired) electrons. The second-order valence-electron chi connectivity index (χ2n) is 6.32. The maximum absolute atomic E-state index is 9.05. The van der Waals surface area contributed by atoms with Gasteiger partial charge in [-0.25, -0.2) is 4.98 Å². The molecule has 0 aliphatic heterocycles. The Kier molecular flexibility index (Phi) is 6.84. The highest BCUT2D eigenvalue weighted by Gasteiger charge is 2.07. The fourth-order valence-electron chi connectivity index (χ4n) is 2.56. The standard InChI is InChI=1S/C21H23N3O4/c1-2-21-22-9-10-24(21)12-18-11-20(28-23-18)8-5-16-3-6-19(7-4-16)27-15-17(13-25)14-26/h3-4,6-7,9-11,17,25-26H,2,12-15H2,1H3. The van der Waals surface area contributed by atoms with E-state index < -0.39 is 0 Å². The number of aliphatic hydroxyl groups excluding tert-OH is 2. The van der Waals surface area contributed by atoms with E-state index in [4.69, 9.17) is 19.5 Å². The van der Waals surface area contributed by atoms with Gasteiger partial charge >= 0.3 is 0 Å². The molecule has 0 aliphatic rings. The zero-order chi connectivity index (χ0) is 19.8. The van der Waals surface area contributed by atoms with Gasteiger partial charge in [-0.1, -0.05) is 18.0 Å². The fourth-order valence-corrected chi connectivity index (χ4v) is 2.56. The predicted molar refractivity (Wildman–Crippen MR) is 103 cm³/mol. The monoisotopic (exact) mass is 381 g/mol. The summed E-state index contributed by atoms with van der Waals surface area (Å²) < 4.78 is 12.9. The van der Waals surface area contributed by atoms with Crippen molar-refractivity contribution in [3.05, 3.63) is 65.6 Å². The van der Waals surface area contributed by atoms with Crippen LogP contribution in [0.5, 0.6) is 5.75 Å². The van der Waals surface area contributed by atoms with Gasteiger partial charge in [-0.05, 0) is 30.2 Å². The molecule has 2 aromatic heterocycles. The number of hydrogen-bond donors (Lipinski definition) is 2. The first-order valence-electron chi connectivity index (χ1n) is 9.14. The van der Waals surface area contributed by atoms with Crippen molar-refractivity contribution in [3.8, 4) is 17.6 Å². The minimum absolute atomic E-state index is 0.111. The first-order chi connectivity index (χ1) is 13.7. The molecular weight excluding hydrogens is 358 g/mol. The lowest BCUT2D eigenvalue weighted by atomic mass is 10.2. The molecule has 0 aliphatic carbocycles. The Morgan fingerprint density at radius 2 is 1.96 bits per heavy atom. The minimum atomic E-state index is -0.282. The highest BCUT2D eigenvalue weighted by molar-refractivity contribution is 5.41. The summed E-state index contributed by atoms with van der Waals surface area (Å²) in [4.78, 5) is 4.29. The van der Waals surface area contributed by atoms with E-state index in [2.05, 4.69) is 28.9 Å². The van der Waals surface area contributed by atoms with E-state index in [-0.39, 0.29) is 25.7 Å². The maximum atomic E-state index is 9.05. The summed E-state index contributed by atoms with van der Waals surface area (Å²) in [5.74, 6) is 7.88. The smallest absolute Gasteiger partial charge is 0.210 e. The number of rotatable bonds is 8. The number of ether oxygens (including phenoxy) is 1. The Bertz CT molecular complexity index is 930. The van der Waals surface area contributed by atoms with E-state index in [1.165, 1.54) is 0 Å². The molecule has 0 saturated carbocycles. The fraction of sp³-hybridized carbons (Fsp3) is 0.333. The number of aliphatic hydroxyl groups is 2. The molecule has 1 aromatic carbocycles. The van der Waals surface area contributed by atoms with Crippen LogP contribution >= 0.6 is 0 Å². The molecule has 3 aromatic rings. The van der Waals surface area contributed by atoms with Crippen LogP contribution < -0.4 is 4.74 Å². The van der Waals surface area contributed by atoms with Gasteiger partial charge in [0.1, 0.15) is 17.3 Å². The van der Waals surface area contributed by atoms with Crippen LogP contribution in [0.2, 0.25) is 0 Å². The molecule has 3 rings (SSSR count). The Labute approximate surface area is 163 Å². The second kappa shape index (κ2) is 9.74. The molecule has 2 heterocycles. The number of benzene rings is 1. The minimum Gasteiger partial charge on any atom is -0.493 e. The summed E-state index contributed by atoms with van der Waals surface area (Å²) in [6, 6.07) is 9.10. The molecule has 7 heteroatoms. The van der Waals surface area contributed by atoms with Crippen molar-refractivity contribution in [2.45, 2.75) is 19.9 Å². The summed E-state index contributed by atoms with van der Waals surface area (Å²) in [6.07, 6.45) is 4.56. The lowest BCUT2D eigenvalue weighted by Crippen LogP contribution is -2.19. The molecule has 0 unspecified atom stereocenters. The normalized spacial score (nSPS) is 10.7. The summed E-state index contributed by atoms with van der Waals surface area (Å²) >= 11 is 0. The lowest BCUT2D eigenvalue weighted by Gasteiger charge is -2.12. The number of aromatic nitrogens is 3. The van der Waals surface area contributed by atoms with E-state index in [0.717, 1.165) is 23.5 Å². The SMILES string of the molecule is CCc1nccn1Cc1cc(C#Cc2ccc(OCC(CO)CO)cc2)on1. The average molecular weight is 381 g/mol. The molecule has 0 spiro atoms.